The number of hydrogen-bond acceptors (Lipinski definition) is 6. The molecule has 23 heavy (non-hydrogen) atoms. The van der Waals surface area contributed by atoms with E-state index >= 15 is 0 Å². The van der Waals surface area contributed by atoms with Crippen molar-refractivity contribution in [3.8, 4) is 0 Å². The molecule has 2 atom stereocenters. The number of nitrogens with two attached hydrogens (primary N) is 1. The van der Waals surface area contributed by atoms with Crippen LogP contribution in [-0.2, 0) is 26.7 Å². The van der Waals surface area contributed by atoms with Crippen LogP contribution in [0.3, 0.4) is 0 Å². The number of aliphatic hydroxyl groups excluding tert-OH is 1. The number of carbonyl (C=O) groups is 1. The molecule has 1 aliphatic rings. The van der Waals surface area contributed by atoms with Gasteiger partial charge in [-0.25, -0.2) is 13.2 Å². The fourth-order valence-electron chi connectivity index (χ4n) is 2.64. The van der Waals surface area contributed by atoms with Crippen LogP contribution in [-0.4, -0.2) is 44.6 Å². The number of aliphatic hydroxyl groups is 1. The van der Waals surface area contributed by atoms with E-state index in [-0.39, 0.29) is 24.7 Å². The number of hydrogen-bond donors (Lipinski definition) is 3. The monoisotopic (exact) mass is 342 g/mol. The molecule has 128 valence electrons. The third kappa shape index (κ3) is 4.92. The van der Waals surface area contributed by atoms with Gasteiger partial charge in [-0.2, -0.15) is 0 Å². The molecular weight excluding hydrogens is 320 g/mol. The van der Waals surface area contributed by atoms with E-state index in [1.165, 1.54) is 0 Å². The summed E-state index contributed by atoms with van der Waals surface area (Å²) in [5.41, 5.74) is 7.70. The summed E-state index contributed by atoms with van der Waals surface area (Å²) in [6.07, 6.45) is -1.05. The van der Waals surface area contributed by atoms with E-state index in [0.29, 0.717) is 0 Å². The lowest BCUT2D eigenvalue weighted by Crippen LogP contribution is -2.39. The first-order valence-electron chi connectivity index (χ1n) is 7.46. The predicted molar refractivity (Wildman–Crippen MR) is 85.6 cm³/mol. The van der Waals surface area contributed by atoms with E-state index < -0.39 is 28.1 Å². The summed E-state index contributed by atoms with van der Waals surface area (Å²) in [6.45, 7) is 1.90. The standard InChI is InChI=1S/C15H22N2O5S/c1-2-10-3-4-11-8-23(20,21)9-14(13(11)5-10)17-6-12(18)7-22-15(16)19/h3-5,12,14,17-18H,2,6-9H2,1H3,(H2,16,19)/t12?,14-/m0/s1. The van der Waals surface area contributed by atoms with Crippen LogP contribution in [0.4, 0.5) is 4.79 Å². The molecule has 0 aromatic heterocycles. The minimum atomic E-state index is -3.19. The molecule has 1 heterocycles. The Labute approximate surface area is 135 Å². The molecule has 0 saturated carbocycles. The lowest BCUT2D eigenvalue weighted by atomic mass is 9.98. The highest BCUT2D eigenvalue weighted by Crippen LogP contribution is 2.29. The molecule has 2 rings (SSSR count). The Hall–Kier alpha value is -1.64. The third-order valence-corrected chi connectivity index (χ3v) is 5.40. The van der Waals surface area contributed by atoms with Gasteiger partial charge in [0.1, 0.15) is 12.7 Å². The van der Waals surface area contributed by atoms with Crippen LogP contribution in [0.5, 0.6) is 0 Å². The summed E-state index contributed by atoms with van der Waals surface area (Å²) in [6, 6.07) is 5.41. The fourth-order valence-corrected chi connectivity index (χ4v) is 4.30. The summed E-state index contributed by atoms with van der Waals surface area (Å²) in [5, 5.41) is 12.8. The van der Waals surface area contributed by atoms with Crippen molar-refractivity contribution in [1.82, 2.24) is 5.32 Å². The van der Waals surface area contributed by atoms with Gasteiger partial charge in [0.25, 0.3) is 0 Å². The van der Waals surface area contributed by atoms with Gasteiger partial charge in [0.15, 0.2) is 9.84 Å². The van der Waals surface area contributed by atoms with Crippen molar-refractivity contribution in [2.45, 2.75) is 31.2 Å². The molecule has 1 unspecified atom stereocenters. The molecular formula is C15H22N2O5S. The number of amides is 1. The van der Waals surface area contributed by atoms with Crippen LogP contribution in [0.25, 0.3) is 0 Å². The Bertz CT molecular complexity index is 674. The van der Waals surface area contributed by atoms with Crippen LogP contribution in [0.2, 0.25) is 0 Å². The van der Waals surface area contributed by atoms with Gasteiger partial charge in [-0.1, -0.05) is 25.1 Å². The Balaban J connectivity index is 2.10. The lowest BCUT2D eigenvalue weighted by Gasteiger charge is -2.28. The molecule has 0 radical (unpaired) electrons. The minimum Gasteiger partial charge on any atom is -0.447 e. The molecule has 0 saturated heterocycles. The zero-order valence-electron chi connectivity index (χ0n) is 13.0. The predicted octanol–water partition coefficient (Wildman–Crippen LogP) is 0.264. The summed E-state index contributed by atoms with van der Waals surface area (Å²) in [7, 11) is -3.19. The third-order valence-electron chi connectivity index (χ3n) is 3.81. The number of benzene rings is 1. The van der Waals surface area contributed by atoms with Crippen molar-refractivity contribution >= 4 is 15.9 Å². The van der Waals surface area contributed by atoms with Gasteiger partial charge in [0.05, 0.1) is 11.5 Å². The molecule has 1 amide bonds. The average molecular weight is 342 g/mol. The highest BCUT2D eigenvalue weighted by molar-refractivity contribution is 7.90. The van der Waals surface area contributed by atoms with E-state index in [9.17, 15) is 18.3 Å². The van der Waals surface area contributed by atoms with Crippen molar-refractivity contribution < 1.29 is 23.1 Å². The van der Waals surface area contributed by atoms with Crippen molar-refractivity contribution in [2.24, 2.45) is 5.73 Å². The second-order valence-electron chi connectivity index (χ2n) is 5.69. The first kappa shape index (κ1) is 17.7. The van der Waals surface area contributed by atoms with Gasteiger partial charge in [0.2, 0.25) is 0 Å². The lowest BCUT2D eigenvalue weighted by molar-refractivity contribution is 0.0714. The quantitative estimate of drug-likeness (QED) is 0.682. The Morgan fingerprint density at radius 2 is 2.26 bits per heavy atom. The highest BCUT2D eigenvalue weighted by Gasteiger charge is 2.30. The number of ether oxygens (including phenoxy) is 1. The highest BCUT2D eigenvalue weighted by atomic mass is 32.2. The molecule has 8 heteroatoms. The minimum absolute atomic E-state index is 0.0173. The maximum atomic E-state index is 12.0. The molecule has 1 aromatic rings. The fraction of sp³-hybridized carbons (Fsp3) is 0.533. The van der Waals surface area contributed by atoms with Crippen LogP contribution >= 0.6 is 0 Å². The van der Waals surface area contributed by atoms with Crippen molar-refractivity contribution in [2.75, 3.05) is 18.9 Å². The van der Waals surface area contributed by atoms with Crippen LogP contribution in [0, 0.1) is 0 Å². The van der Waals surface area contributed by atoms with Gasteiger partial charge < -0.3 is 20.9 Å². The van der Waals surface area contributed by atoms with Crippen LogP contribution in [0.15, 0.2) is 18.2 Å². The summed E-state index contributed by atoms with van der Waals surface area (Å²) in [4.78, 5) is 10.5. The number of fused-ring (bicyclic) bond motifs is 1. The second-order valence-corrected chi connectivity index (χ2v) is 7.80. The normalized spacial score (nSPS) is 20.5. The number of rotatable bonds is 6. The molecule has 0 bridgehead atoms. The Morgan fingerprint density at radius 1 is 1.52 bits per heavy atom. The van der Waals surface area contributed by atoms with Gasteiger partial charge in [-0.05, 0) is 23.1 Å². The number of primary amides is 1. The van der Waals surface area contributed by atoms with E-state index in [1.807, 2.05) is 25.1 Å². The van der Waals surface area contributed by atoms with Crippen molar-refractivity contribution in [1.29, 1.82) is 0 Å². The molecule has 0 aliphatic carbocycles. The Kier molecular flexibility index (Phi) is 5.61. The maximum absolute atomic E-state index is 12.0. The van der Waals surface area contributed by atoms with Gasteiger partial charge in [-0.3, -0.25) is 0 Å². The van der Waals surface area contributed by atoms with Gasteiger partial charge >= 0.3 is 6.09 Å². The maximum Gasteiger partial charge on any atom is 0.404 e. The first-order chi connectivity index (χ1) is 10.8. The summed E-state index contributed by atoms with van der Waals surface area (Å²) < 4.78 is 28.6. The summed E-state index contributed by atoms with van der Waals surface area (Å²) >= 11 is 0. The van der Waals surface area contributed by atoms with E-state index in [4.69, 9.17) is 5.73 Å². The van der Waals surface area contributed by atoms with Crippen molar-refractivity contribution in [3.63, 3.8) is 0 Å². The molecule has 1 aliphatic heterocycles. The van der Waals surface area contributed by atoms with Crippen LogP contribution < -0.4 is 11.1 Å². The molecule has 4 N–H and O–H groups in total. The molecule has 0 fully saturated rings. The summed E-state index contributed by atoms with van der Waals surface area (Å²) in [5.74, 6) is 0.0222. The molecule has 0 spiro atoms. The van der Waals surface area contributed by atoms with E-state index in [2.05, 4.69) is 10.1 Å². The van der Waals surface area contributed by atoms with Gasteiger partial charge in [-0.15, -0.1) is 0 Å². The van der Waals surface area contributed by atoms with Crippen LogP contribution in [0.1, 0.15) is 29.7 Å². The van der Waals surface area contributed by atoms with Crippen molar-refractivity contribution in [3.05, 3.63) is 34.9 Å². The smallest absolute Gasteiger partial charge is 0.404 e. The largest absolute Gasteiger partial charge is 0.447 e. The van der Waals surface area contributed by atoms with E-state index in [0.717, 1.165) is 23.1 Å². The number of sulfone groups is 1. The first-order valence-corrected chi connectivity index (χ1v) is 9.28. The number of nitrogens with one attached hydrogen (secondary N) is 1. The second kappa shape index (κ2) is 7.29. The SMILES string of the molecule is CCc1ccc2c(c1)[C@@H](NCC(O)COC(N)=O)CS(=O)(=O)C2. The Morgan fingerprint density at radius 3 is 2.91 bits per heavy atom. The number of carbonyl (C=O) groups excluding carboxylic acids is 1. The average Bonchev–Trinajstić information content (AvgIpc) is 2.49. The molecule has 1 aromatic carbocycles. The van der Waals surface area contributed by atoms with Gasteiger partial charge in [0, 0.05) is 12.6 Å². The van der Waals surface area contributed by atoms with E-state index in [1.54, 1.807) is 0 Å². The molecule has 7 nitrogen and oxygen atoms in total. The number of aryl methyl sites for hydroxylation is 1. The topological polar surface area (TPSA) is 119 Å². The zero-order chi connectivity index (χ0) is 17.0. The zero-order valence-corrected chi connectivity index (χ0v) is 13.8.